The van der Waals surface area contributed by atoms with E-state index in [2.05, 4.69) is 10.3 Å². The number of nitrogens with zero attached hydrogens (tertiary/aromatic N) is 4. The number of aromatic nitrogens is 1. The van der Waals surface area contributed by atoms with Gasteiger partial charge in [-0.2, -0.15) is 0 Å². The molecule has 0 saturated heterocycles. The number of nitro benzene ring substituents is 1. The summed E-state index contributed by atoms with van der Waals surface area (Å²) in [5.74, 6) is -2.51. The molecule has 0 aliphatic heterocycles. The van der Waals surface area contributed by atoms with E-state index < -0.39 is 40.7 Å². The second-order valence-electron chi connectivity index (χ2n) is 10.7. The van der Waals surface area contributed by atoms with Crippen LogP contribution in [-0.4, -0.2) is 109 Å². The predicted molar refractivity (Wildman–Crippen MR) is 175 cm³/mol. The Morgan fingerprint density at radius 1 is 0.816 bits per heavy atom. The van der Waals surface area contributed by atoms with Crippen LogP contribution in [0.15, 0.2) is 42.5 Å². The molecule has 0 bridgehead atoms. The number of benzene rings is 1. The van der Waals surface area contributed by atoms with Gasteiger partial charge in [0.25, 0.3) is 11.6 Å². The first-order valence-electron chi connectivity index (χ1n) is 16.0. The molecule has 49 heavy (non-hydrogen) atoms. The summed E-state index contributed by atoms with van der Waals surface area (Å²) in [5.41, 5.74) is 1.20. The SMILES string of the molecule is CCOC(=O)CN(CC(=O)OCC)Cc1cccc(CN(CC(=O)OC)C(CCCCNC(=O)c2ccc([N+](=O)[O-])cc2)C(=O)OCC)n1. The molecule has 0 aliphatic carbocycles. The lowest BCUT2D eigenvalue weighted by molar-refractivity contribution is -0.384. The molecule has 16 heteroatoms. The highest BCUT2D eigenvalue weighted by molar-refractivity contribution is 5.94. The van der Waals surface area contributed by atoms with Gasteiger partial charge in [-0.3, -0.25) is 48.9 Å². The molecule has 0 fully saturated rings. The Bertz CT molecular complexity index is 1380. The van der Waals surface area contributed by atoms with Crippen LogP contribution in [-0.2, 0) is 51.2 Å². The van der Waals surface area contributed by atoms with E-state index in [0.717, 1.165) is 0 Å². The normalized spacial score (nSPS) is 11.5. The average Bonchev–Trinajstić information content (AvgIpc) is 3.06. The molecule has 268 valence electrons. The van der Waals surface area contributed by atoms with Crippen molar-refractivity contribution in [3.63, 3.8) is 0 Å². The minimum Gasteiger partial charge on any atom is -0.468 e. The zero-order valence-corrected chi connectivity index (χ0v) is 28.4. The fourth-order valence-corrected chi connectivity index (χ4v) is 4.78. The first-order valence-corrected chi connectivity index (χ1v) is 16.0. The zero-order valence-electron chi connectivity index (χ0n) is 28.4. The lowest BCUT2D eigenvalue weighted by Crippen LogP contribution is -2.45. The lowest BCUT2D eigenvalue weighted by atomic mass is 10.1. The van der Waals surface area contributed by atoms with Gasteiger partial charge in [-0.05, 0) is 64.3 Å². The number of rotatable bonds is 22. The van der Waals surface area contributed by atoms with Gasteiger partial charge in [0.1, 0.15) is 6.04 Å². The molecule has 1 aromatic carbocycles. The van der Waals surface area contributed by atoms with Crippen molar-refractivity contribution >= 4 is 35.5 Å². The number of esters is 4. The van der Waals surface area contributed by atoms with Gasteiger partial charge in [0.05, 0.1) is 62.9 Å². The summed E-state index contributed by atoms with van der Waals surface area (Å²) in [6.45, 7) is 5.46. The van der Waals surface area contributed by atoms with Gasteiger partial charge in [-0.15, -0.1) is 0 Å². The summed E-state index contributed by atoms with van der Waals surface area (Å²) in [7, 11) is 1.24. The molecule has 1 aromatic heterocycles. The lowest BCUT2D eigenvalue weighted by Gasteiger charge is -2.29. The maximum absolute atomic E-state index is 13.2. The number of non-ortho nitro benzene ring substituents is 1. The molecule has 0 spiro atoms. The summed E-state index contributed by atoms with van der Waals surface area (Å²) >= 11 is 0. The van der Waals surface area contributed by atoms with E-state index in [1.54, 1.807) is 48.8 Å². The third-order valence-electron chi connectivity index (χ3n) is 7.02. The zero-order chi connectivity index (χ0) is 36.2. The predicted octanol–water partition coefficient (Wildman–Crippen LogP) is 2.43. The molecule has 1 unspecified atom stereocenters. The Labute approximate surface area is 285 Å². The van der Waals surface area contributed by atoms with Crippen molar-refractivity contribution in [2.24, 2.45) is 0 Å². The summed E-state index contributed by atoms with van der Waals surface area (Å²) in [6, 6.07) is 9.60. The van der Waals surface area contributed by atoms with Crippen LogP contribution in [0.1, 0.15) is 61.8 Å². The Balaban J connectivity index is 2.16. The standard InChI is InChI=1S/C33H45N5O11/c1-5-47-30(40)21-36(22-31(41)48-6-2)19-25-11-10-12-26(35-25)20-37(23-29(39)46-4)28(33(43)49-7-3)13-8-9-18-34-32(42)24-14-16-27(17-15-24)38(44)45/h10-12,14-17,28H,5-9,13,18-23H2,1-4H3,(H,34,42). The smallest absolute Gasteiger partial charge is 0.323 e. The topological polar surface area (TPSA) is 197 Å². The molecule has 1 N–H and O–H groups in total. The van der Waals surface area contributed by atoms with Gasteiger partial charge < -0.3 is 24.3 Å². The highest BCUT2D eigenvalue weighted by Crippen LogP contribution is 2.17. The van der Waals surface area contributed by atoms with E-state index in [1.165, 1.54) is 31.4 Å². The highest BCUT2D eigenvalue weighted by atomic mass is 16.6. The van der Waals surface area contributed by atoms with E-state index in [0.29, 0.717) is 24.2 Å². The molecule has 2 aromatic rings. The summed E-state index contributed by atoms with van der Waals surface area (Å²) in [4.78, 5) is 80.6. The number of nitrogens with one attached hydrogen (secondary N) is 1. The minimum absolute atomic E-state index is 0.0685. The Morgan fingerprint density at radius 2 is 1.41 bits per heavy atom. The fraction of sp³-hybridized carbons (Fsp3) is 0.515. The van der Waals surface area contributed by atoms with Gasteiger partial charge in [0, 0.05) is 37.3 Å². The fourth-order valence-electron chi connectivity index (χ4n) is 4.78. The monoisotopic (exact) mass is 687 g/mol. The number of nitro groups is 1. The van der Waals surface area contributed by atoms with Crippen LogP contribution in [0.2, 0.25) is 0 Å². The van der Waals surface area contributed by atoms with Crippen LogP contribution in [0.4, 0.5) is 5.69 Å². The Hall–Kier alpha value is -4.96. The number of carbonyl (C=O) groups is 5. The van der Waals surface area contributed by atoms with Gasteiger partial charge in [-0.25, -0.2) is 0 Å². The van der Waals surface area contributed by atoms with E-state index in [9.17, 15) is 34.1 Å². The minimum atomic E-state index is -0.848. The molecule has 1 amide bonds. The number of carbonyl (C=O) groups excluding carboxylic acids is 5. The van der Waals surface area contributed by atoms with Crippen molar-refractivity contribution in [3.8, 4) is 0 Å². The molecular formula is C33H45N5O11. The van der Waals surface area contributed by atoms with Gasteiger partial charge >= 0.3 is 23.9 Å². The quantitative estimate of drug-likeness (QED) is 0.0623. The van der Waals surface area contributed by atoms with E-state index in [-0.39, 0.29) is 76.8 Å². The third kappa shape index (κ3) is 14.8. The van der Waals surface area contributed by atoms with Crippen LogP contribution < -0.4 is 5.32 Å². The molecule has 0 radical (unpaired) electrons. The van der Waals surface area contributed by atoms with Crippen molar-refractivity contribution in [1.82, 2.24) is 20.1 Å². The van der Waals surface area contributed by atoms with E-state index in [1.807, 2.05) is 0 Å². The van der Waals surface area contributed by atoms with Crippen molar-refractivity contribution in [1.29, 1.82) is 0 Å². The second kappa shape index (κ2) is 21.8. The second-order valence-corrected chi connectivity index (χ2v) is 10.7. The number of amides is 1. The Morgan fingerprint density at radius 3 is 1.96 bits per heavy atom. The third-order valence-corrected chi connectivity index (χ3v) is 7.02. The van der Waals surface area contributed by atoms with Crippen molar-refractivity contribution < 1.29 is 47.8 Å². The van der Waals surface area contributed by atoms with Gasteiger partial charge in [0.15, 0.2) is 0 Å². The maximum atomic E-state index is 13.2. The van der Waals surface area contributed by atoms with Crippen molar-refractivity contribution in [3.05, 3.63) is 69.5 Å². The van der Waals surface area contributed by atoms with Crippen LogP contribution in [0.3, 0.4) is 0 Å². The summed E-state index contributed by atoms with van der Waals surface area (Å²) in [5, 5.41) is 13.6. The first-order chi connectivity index (χ1) is 23.5. The van der Waals surface area contributed by atoms with E-state index in [4.69, 9.17) is 18.9 Å². The Kier molecular flexibility index (Phi) is 17.9. The molecular weight excluding hydrogens is 642 g/mol. The van der Waals surface area contributed by atoms with Gasteiger partial charge in [-0.1, -0.05) is 6.07 Å². The van der Waals surface area contributed by atoms with Crippen molar-refractivity contribution in [2.75, 3.05) is 53.1 Å². The largest absolute Gasteiger partial charge is 0.468 e. The van der Waals surface area contributed by atoms with Crippen molar-refractivity contribution in [2.45, 2.75) is 59.2 Å². The molecule has 16 nitrogen and oxygen atoms in total. The number of ether oxygens (including phenoxy) is 4. The number of hydrogen-bond acceptors (Lipinski definition) is 14. The number of hydrogen-bond donors (Lipinski definition) is 1. The molecule has 1 atom stereocenters. The molecule has 0 aliphatic rings. The summed E-state index contributed by atoms with van der Waals surface area (Å²) < 4.78 is 20.3. The van der Waals surface area contributed by atoms with Crippen LogP contribution in [0.5, 0.6) is 0 Å². The van der Waals surface area contributed by atoms with E-state index >= 15 is 0 Å². The summed E-state index contributed by atoms with van der Waals surface area (Å²) in [6.07, 6.45) is 1.26. The van der Waals surface area contributed by atoms with Crippen LogP contribution in [0.25, 0.3) is 0 Å². The molecule has 1 heterocycles. The number of methoxy groups -OCH3 is 1. The molecule has 0 saturated carbocycles. The van der Waals surface area contributed by atoms with Crippen LogP contribution >= 0.6 is 0 Å². The average molecular weight is 688 g/mol. The van der Waals surface area contributed by atoms with Crippen LogP contribution in [0, 0.1) is 10.1 Å². The number of unbranched alkanes of at least 4 members (excludes halogenated alkanes) is 1. The number of pyridine rings is 1. The van der Waals surface area contributed by atoms with Gasteiger partial charge in [0.2, 0.25) is 0 Å². The maximum Gasteiger partial charge on any atom is 0.323 e. The highest BCUT2D eigenvalue weighted by Gasteiger charge is 2.29. The molecule has 2 rings (SSSR count). The first kappa shape index (κ1) is 40.2.